The Morgan fingerprint density at radius 3 is 2.52 bits per heavy atom. The topological polar surface area (TPSA) is 49.8 Å². The number of aryl methyl sites for hydroxylation is 1. The van der Waals surface area contributed by atoms with Gasteiger partial charge in [0.15, 0.2) is 5.76 Å². The molecule has 3 aromatic rings. The maximum Gasteiger partial charge on any atom is 0.232 e. The smallest absolute Gasteiger partial charge is 0.232 e. The Bertz CT molecular complexity index is 1210. The number of ether oxygens (including phenoxy) is 1. The fraction of sp³-hybridized carbons (Fsp3) is 0.276. The number of allylic oxidation sites excluding steroid dienone is 1. The highest BCUT2D eigenvalue weighted by molar-refractivity contribution is 6.15. The average Bonchev–Trinajstić information content (AvgIpc) is 3.15. The Morgan fingerprint density at radius 1 is 1.06 bits per heavy atom. The van der Waals surface area contributed by atoms with Crippen LogP contribution in [0.1, 0.15) is 53.2 Å². The first kappa shape index (κ1) is 21.5. The van der Waals surface area contributed by atoms with Crippen LogP contribution in [0, 0.1) is 6.92 Å². The molecule has 3 aromatic carbocycles. The third-order valence-corrected chi connectivity index (χ3v) is 6.84. The number of benzene rings is 3. The van der Waals surface area contributed by atoms with Gasteiger partial charge in [-0.2, -0.15) is 0 Å². The first-order chi connectivity index (χ1) is 16.0. The van der Waals surface area contributed by atoms with Crippen molar-refractivity contribution in [2.24, 2.45) is 0 Å². The number of ketones is 1. The van der Waals surface area contributed by atoms with E-state index in [2.05, 4.69) is 36.1 Å². The van der Waals surface area contributed by atoms with E-state index < -0.39 is 0 Å². The van der Waals surface area contributed by atoms with Crippen LogP contribution in [0.5, 0.6) is 11.5 Å². The summed E-state index contributed by atoms with van der Waals surface area (Å²) in [6, 6.07) is 20.4. The van der Waals surface area contributed by atoms with Gasteiger partial charge in [0.25, 0.3) is 0 Å². The van der Waals surface area contributed by atoms with Gasteiger partial charge in [0, 0.05) is 12.6 Å². The molecule has 0 saturated carbocycles. The normalized spacial score (nSPS) is 19.5. The number of fused-ring (bicyclic) bond motifs is 1. The SMILES string of the molecule is Cc1cc(O)c(CN2CCCCC2C)c2c1C(=O)/C(=C/c1ccc(-c3ccccc3)cc1)O2. The Morgan fingerprint density at radius 2 is 1.79 bits per heavy atom. The van der Waals surface area contributed by atoms with Crippen molar-refractivity contribution < 1.29 is 14.6 Å². The molecule has 0 bridgehead atoms. The zero-order valence-corrected chi connectivity index (χ0v) is 19.2. The highest BCUT2D eigenvalue weighted by atomic mass is 16.5. The number of phenolic OH excluding ortho intramolecular Hbond substituents is 1. The molecule has 1 fully saturated rings. The standard InChI is InChI=1S/C29H29NO3/c1-19-16-25(31)24(18-30-15-7-6-8-20(30)2)29-27(19)28(32)26(33-29)17-21-11-13-23(14-12-21)22-9-4-3-5-10-22/h3-5,9-14,16-17,20,31H,6-8,15,18H2,1-2H3/b26-17-. The van der Waals surface area contributed by atoms with Crippen LogP contribution in [-0.4, -0.2) is 28.4 Å². The molecule has 0 spiro atoms. The molecule has 4 heteroatoms. The van der Waals surface area contributed by atoms with E-state index in [1.807, 2.05) is 37.3 Å². The summed E-state index contributed by atoms with van der Waals surface area (Å²) < 4.78 is 6.13. The molecule has 1 saturated heterocycles. The summed E-state index contributed by atoms with van der Waals surface area (Å²) >= 11 is 0. The van der Waals surface area contributed by atoms with Crippen molar-refractivity contribution in [3.8, 4) is 22.6 Å². The minimum absolute atomic E-state index is 0.123. The number of piperidine rings is 1. The lowest BCUT2D eigenvalue weighted by Crippen LogP contribution is -2.36. The molecule has 4 nitrogen and oxygen atoms in total. The first-order valence-electron chi connectivity index (χ1n) is 11.7. The molecular formula is C29H29NO3. The summed E-state index contributed by atoms with van der Waals surface area (Å²) in [6.45, 7) is 5.65. The molecule has 33 heavy (non-hydrogen) atoms. The van der Waals surface area contributed by atoms with Gasteiger partial charge in [-0.25, -0.2) is 0 Å². The maximum absolute atomic E-state index is 13.2. The molecule has 5 rings (SSSR count). The van der Waals surface area contributed by atoms with Crippen molar-refractivity contribution >= 4 is 11.9 Å². The van der Waals surface area contributed by atoms with Gasteiger partial charge in [0.2, 0.25) is 5.78 Å². The van der Waals surface area contributed by atoms with Crippen LogP contribution in [0.15, 0.2) is 66.4 Å². The molecule has 0 radical (unpaired) electrons. The number of Topliss-reactive ketones (excluding diaryl/α,β-unsaturated/α-hetero) is 1. The molecule has 2 aliphatic heterocycles. The van der Waals surface area contributed by atoms with Gasteiger partial charge in [-0.1, -0.05) is 61.0 Å². The summed E-state index contributed by atoms with van der Waals surface area (Å²) in [5.74, 6) is 0.898. The third kappa shape index (κ3) is 4.19. The van der Waals surface area contributed by atoms with E-state index in [4.69, 9.17) is 4.74 Å². The highest BCUT2D eigenvalue weighted by Crippen LogP contribution is 2.43. The quantitative estimate of drug-likeness (QED) is 0.481. The van der Waals surface area contributed by atoms with E-state index in [9.17, 15) is 9.90 Å². The summed E-state index contributed by atoms with van der Waals surface area (Å²) in [5, 5.41) is 10.7. The van der Waals surface area contributed by atoms with Crippen molar-refractivity contribution in [3.63, 3.8) is 0 Å². The Kier molecular flexibility index (Phi) is 5.77. The number of hydrogen-bond donors (Lipinski definition) is 1. The predicted octanol–water partition coefficient (Wildman–Crippen LogP) is 6.36. The van der Waals surface area contributed by atoms with Crippen molar-refractivity contribution in [3.05, 3.63) is 88.7 Å². The van der Waals surface area contributed by atoms with Crippen LogP contribution in [0.2, 0.25) is 0 Å². The molecule has 168 valence electrons. The second kappa shape index (κ2) is 8.87. The molecule has 0 amide bonds. The Balaban J connectivity index is 1.44. The van der Waals surface area contributed by atoms with Gasteiger partial charge in [-0.3, -0.25) is 9.69 Å². The number of nitrogens with zero attached hydrogens (tertiary/aromatic N) is 1. The number of aromatic hydroxyl groups is 1. The molecule has 2 aliphatic rings. The molecule has 0 aliphatic carbocycles. The molecule has 0 aromatic heterocycles. The Hall–Kier alpha value is -3.37. The van der Waals surface area contributed by atoms with Gasteiger partial charge in [0.1, 0.15) is 11.5 Å². The largest absolute Gasteiger partial charge is 0.507 e. The lowest BCUT2D eigenvalue weighted by molar-refractivity contribution is 0.101. The van der Waals surface area contributed by atoms with Gasteiger partial charge < -0.3 is 9.84 Å². The lowest BCUT2D eigenvalue weighted by Gasteiger charge is -2.33. The first-order valence-corrected chi connectivity index (χ1v) is 11.7. The minimum atomic E-state index is -0.123. The van der Waals surface area contributed by atoms with Gasteiger partial charge in [-0.15, -0.1) is 0 Å². The number of carbonyl (C=O) groups excluding carboxylic acids is 1. The van der Waals surface area contributed by atoms with E-state index >= 15 is 0 Å². The predicted molar refractivity (Wildman–Crippen MR) is 131 cm³/mol. The second-order valence-corrected chi connectivity index (χ2v) is 9.14. The van der Waals surface area contributed by atoms with E-state index in [1.54, 1.807) is 12.1 Å². The van der Waals surface area contributed by atoms with E-state index in [1.165, 1.54) is 6.42 Å². The lowest BCUT2D eigenvalue weighted by atomic mass is 9.97. The molecule has 2 heterocycles. The van der Waals surface area contributed by atoms with Crippen LogP contribution in [0.25, 0.3) is 17.2 Å². The monoisotopic (exact) mass is 439 g/mol. The van der Waals surface area contributed by atoms with E-state index in [0.717, 1.165) is 41.6 Å². The number of hydrogen-bond acceptors (Lipinski definition) is 4. The number of likely N-dealkylation sites (tertiary alicyclic amines) is 1. The van der Waals surface area contributed by atoms with Gasteiger partial charge in [0.05, 0.1) is 11.1 Å². The van der Waals surface area contributed by atoms with E-state index in [-0.39, 0.29) is 11.5 Å². The molecule has 1 atom stereocenters. The van der Waals surface area contributed by atoms with Crippen molar-refractivity contribution in [1.29, 1.82) is 0 Å². The number of phenols is 1. The third-order valence-electron chi connectivity index (χ3n) is 6.84. The van der Waals surface area contributed by atoms with Crippen LogP contribution in [-0.2, 0) is 6.54 Å². The van der Waals surface area contributed by atoms with E-state index in [0.29, 0.717) is 35.2 Å². The summed E-state index contributed by atoms with van der Waals surface area (Å²) in [7, 11) is 0. The average molecular weight is 440 g/mol. The van der Waals surface area contributed by atoms with Crippen LogP contribution < -0.4 is 4.74 Å². The maximum atomic E-state index is 13.2. The molecular weight excluding hydrogens is 410 g/mol. The molecule has 1 N–H and O–H groups in total. The summed E-state index contributed by atoms with van der Waals surface area (Å²) in [6.07, 6.45) is 5.34. The van der Waals surface area contributed by atoms with Crippen LogP contribution >= 0.6 is 0 Å². The minimum Gasteiger partial charge on any atom is -0.507 e. The Labute approximate surface area is 195 Å². The van der Waals surface area contributed by atoms with Crippen molar-refractivity contribution in [2.45, 2.75) is 45.7 Å². The fourth-order valence-corrected chi connectivity index (χ4v) is 4.88. The van der Waals surface area contributed by atoms with Gasteiger partial charge in [-0.05, 0) is 67.6 Å². The summed E-state index contributed by atoms with van der Waals surface area (Å²) in [4.78, 5) is 15.6. The van der Waals surface area contributed by atoms with Crippen molar-refractivity contribution in [1.82, 2.24) is 4.90 Å². The zero-order valence-electron chi connectivity index (χ0n) is 19.2. The van der Waals surface area contributed by atoms with Gasteiger partial charge >= 0.3 is 0 Å². The van der Waals surface area contributed by atoms with Crippen LogP contribution in [0.3, 0.4) is 0 Å². The fourth-order valence-electron chi connectivity index (χ4n) is 4.88. The highest BCUT2D eigenvalue weighted by Gasteiger charge is 2.34. The zero-order chi connectivity index (χ0) is 22.9. The van der Waals surface area contributed by atoms with Crippen molar-refractivity contribution in [2.75, 3.05) is 6.54 Å². The van der Waals surface area contributed by atoms with Crippen LogP contribution in [0.4, 0.5) is 0 Å². The molecule has 1 unspecified atom stereocenters. The number of carbonyl (C=O) groups is 1. The number of rotatable bonds is 4. The summed E-state index contributed by atoms with van der Waals surface area (Å²) in [5.41, 5.74) is 5.20. The second-order valence-electron chi connectivity index (χ2n) is 9.14.